The molecule has 0 bridgehead atoms. The first kappa shape index (κ1) is 13.9. The lowest BCUT2D eigenvalue weighted by molar-refractivity contribution is 0.120. The number of nitrogens with zero attached hydrogens (tertiary/aromatic N) is 7. The van der Waals surface area contributed by atoms with E-state index >= 15 is 0 Å². The highest BCUT2D eigenvalue weighted by Crippen LogP contribution is 2.26. The van der Waals surface area contributed by atoms with Crippen LogP contribution < -0.4 is 4.90 Å². The monoisotopic (exact) mass is 301 g/mol. The number of hydrogen-bond acceptors (Lipinski definition) is 6. The Balaban J connectivity index is 1.53. The molecule has 118 valence electrons. The lowest BCUT2D eigenvalue weighted by Crippen LogP contribution is -2.49. The van der Waals surface area contributed by atoms with Crippen LogP contribution in [-0.4, -0.2) is 82.0 Å². The van der Waals surface area contributed by atoms with Crippen molar-refractivity contribution in [1.82, 2.24) is 29.6 Å². The van der Waals surface area contributed by atoms with Gasteiger partial charge in [0.2, 0.25) is 5.65 Å². The Kier molecular flexibility index (Phi) is 3.46. The highest BCUT2D eigenvalue weighted by Gasteiger charge is 2.30. The third-order valence-electron chi connectivity index (χ3n) is 4.93. The van der Waals surface area contributed by atoms with Gasteiger partial charge in [-0.1, -0.05) is 0 Å². The van der Waals surface area contributed by atoms with E-state index in [0.29, 0.717) is 6.04 Å². The minimum Gasteiger partial charge on any atom is -0.367 e. The summed E-state index contributed by atoms with van der Waals surface area (Å²) in [5.41, 5.74) is 3.04. The number of aryl methyl sites for hydroxylation is 1. The SMILES string of the molecule is Cc1cc(N2CCC(N3CCN(C)CC3)C2)c2nncn2n1. The van der Waals surface area contributed by atoms with E-state index in [4.69, 9.17) is 0 Å². The summed E-state index contributed by atoms with van der Waals surface area (Å²) in [5.74, 6) is 0. The third-order valence-corrected chi connectivity index (χ3v) is 4.93. The van der Waals surface area contributed by atoms with Crippen LogP contribution in [0.25, 0.3) is 5.65 Å². The number of hydrogen-bond donors (Lipinski definition) is 0. The molecule has 0 radical (unpaired) electrons. The maximum Gasteiger partial charge on any atom is 0.200 e. The number of likely N-dealkylation sites (N-methyl/N-ethyl adjacent to an activating group) is 1. The average molecular weight is 301 g/mol. The number of piperazine rings is 1. The minimum atomic E-state index is 0.658. The lowest BCUT2D eigenvalue weighted by atomic mass is 10.2. The Morgan fingerprint density at radius 3 is 2.77 bits per heavy atom. The molecule has 7 nitrogen and oxygen atoms in total. The fourth-order valence-electron chi connectivity index (χ4n) is 3.61. The molecule has 2 aromatic rings. The summed E-state index contributed by atoms with van der Waals surface area (Å²) in [7, 11) is 2.21. The van der Waals surface area contributed by atoms with Gasteiger partial charge in [0.25, 0.3) is 0 Å². The first-order valence-corrected chi connectivity index (χ1v) is 8.06. The largest absolute Gasteiger partial charge is 0.367 e. The average Bonchev–Trinajstić information content (AvgIpc) is 3.15. The third kappa shape index (κ3) is 2.44. The van der Waals surface area contributed by atoms with Crippen molar-refractivity contribution in [2.45, 2.75) is 19.4 Å². The van der Waals surface area contributed by atoms with Gasteiger partial charge in [0.1, 0.15) is 6.33 Å². The quantitative estimate of drug-likeness (QED) is 0.793. The molecule has 0 saturated carbocycles. The van der Waals surface area contributed by atoms with E-state index < -0.39 is 0 Å². The molecule has 0 spiro atoms. The molecule has 2 saturated heterocycles. The van der Waals surface area contributed by atoms with Crippen LogP contribution in [0.1, 0.15) is 12.1 Å². The van der Waals surface area contributed by atoms with Gasteiger partial charge in [0, 0.05) is 45.3 Å². The molecule has 7 heteroatoms. The zero-order chi connectivity index (χ0) is 15.1. The maximum atomic E-state index is 4.43. The Morgan fingerprint density at radius 1 is 1.14 bits per heavy atom. The van der Waals surface area contributed by atoms with Gasteiger partial charge < -0.3 is 9.80 Å². The molecule has 4 rings (SSSR count). The fraction of sp³-hybridized carbons (Fsp3) is 0.667. The molecule has 2 aromatic heterocycles. The van der Waals surface area contributed by atoms with E-state index in [0.717, 1.165) is 24.4 Å². The van der Waals surface area contributed by atoms with E-state index in [1.165, 1.54) is 38.3 Å². The van der Waals surface area contributed by atoms with Crippen LogP contribution in [0, 0.1) is 6.92 Å². The zero-order valence-corrected chi connectivity index (χ0v) is 13.3. The predicted octanol–water partition coefficient (Wildman–Crippen LogP) is 0.259. The molecule has 0 aromatic carbocycles. The Bertz CT molecular complexity index is 659. The number of aromatic nitrogens is 4. The van der Waals surface area contributed by atoms with Crippen LogP contribution in [0.4, 0.5) is 5.69 Å². The summed E-state index contributed by atoms with van der Waals surface area (Å²) >= 11 is 0. The van der Waals surface area contributed by atoms with E-state index in [-0.39, 0.29) is 0 Å². The molecule has 2 aliphatic rings. The lowest BCUT2D eigenvalue weighted by Gasteiger charge is -2.36. The molecule has 4 heterocycles. The Hall–Kier alpha value is -1.73. The summed E-state index contributed by atoms with van der Waals surface area (Å²) in [4.78, 5) is 7.51. The van der Waals surface area contributed by atoms with Crippen LogP contribution >= 0.6 is 0 Å². The van der Waals surface area contributed by atoms with E-state index in [1.807, 2.05) is 6.92 Å². The van der Waals surface area contributed by atoms with Gasteiger partial charge in [0.05, 0.1) is 11.4 Å². The highest BCUT2D eigenvalue weighted by atomic mass is 15.4. The first-order valence-electron chi connectivity index (χ1n) is 8.06. The van der Waals surface area contributed by atoms with Crippen molar-refractivity contribution in [2.24, 2.45) is 0 Å². The molecular weight excluding hydrogens is 278 g/mol. The van der Waals surface area contributed by atoms with Crippen molar-refractivity contribution >= 4 is 11.3 Å². The van der Waals surface area contributed by atoms with Gasteiger partial charge in [-0.25, -0.2) is 0 Å². The molecule has 22 heavy (non-hydrogen) atoms. The predicted molar refractivity (Wildman–Crippen MR) is 85.2 cm³/mol. The first-order chi connectivity index (χ1) is 10.7. The van der Waals surface area contributed by atoms with Crippen LogP contribution in [0.5, 0.6) is 0 Å². The van der Waals surface area contributed by atoms with Gasteiger partial charge in [0.15, 0.2) is 0 Å². The molecular formula is C15H23N7. The molecule has 1 atom stereocenters. The fourth-order valence-corrected chi connectivity index (χ4v) is 3.61. The normalized spacial score (nSPS) is 24.5. The van der Waals surface area contributed by atoms with Gasteiger partial charge in [-0.15, -0.1) is 10.2 Å². The van der Waals surface area contributed by atoms with E-state index in [2.05, 4.69) is 43.1 Å². The number of anilines is 1. The summed E-state index contributed by atoms with van der Waals surface area (Å²) in [6.45, 7) is 8.92. The second kappa shape index (κ2) is 5.48. The topological polar surface area (TPSA) is 52.8 Å². The summed E-state index contributed by atoms with van der Waals surface area (Å²) in [5, 5.41) is 12.7. The highest BCUT2D eigenvalue weighted by molar-refractivity contribution is 5.68. The van der Waals surface area contributed by atoms with Crippen molar-refractivity contribution in [1.29, 1.82) is 0 Å². The Labute approximate surface area is 130 Å². The molecule has 2 fully saturated rings. The van der Waals surface area contributed by atoms with E-state index in [9.17, 15) is 0 Å². The molecule has 0 amide bonds. The number of rotatable bonds is 2. The molecule has 1 unspecified atom stereocenters. The van der Waals surface area contributed by atoms with Crippen molar-refractivity contribution < 1.29 is 0 Å². The van der Waals surface area contributed by atoms with Crippen LogP contribution in [0.3, 0.4) is 0 Å². The van der Waals surface area contributed by atoms with Crippen LogP contribution in [0.2, 0.25) is 0 Å². The molecule has 2 aliphatic heterocycles. The minimum absolute atomic E-state index is 0.658. The van der Waals surface area contributed by atoms with Gasteiger partial charge in [-0.2, -0.15) is 9.61 Å². The van der Waals surface area contributed by atoms with Crippen molar-refractivity contribution in [3.8, 4) is 0 Å². The van der Waals surface area contributed by atoms with Crippen molar-refractivity contribution in [2.75, 3.05) is 51.2 Å². The second-order valence-electron chi connectivity index (χ2n) is 6.50. The van der Waals surface area contributed by atoms with Crippen LogP contribution in [0.15, 0.2) is 12.4 Å². The zero-order valence-electron chi connectivity index (χ0n) is 13.3. The van der Waals surface area contributed by atoms with Crippen molar-refractivity contribution in [3.63, 3.8) is 0 Å². The van der Waals surface area contributed by atoms with E-state index in [1.54, 1.807) is 10.8 Å². The second-order valence-corrected chi connectivity index (χ2v) is 6.50. The maximum absolute atomic E-state index is 4.43. The Morgan fingerprint density at radius 2 is 1.95 bits per heavy atom. The summed E-state index contributed by atoms with van der Waals surface area (Å²) in [6.07, 6.45) is 2.91. The van der Waals surface area contributed by atoms with Crippen LogP contribution in [-0.2, 0) is 0 Å². The van der Waals surface area contributed by atoms with Gasteiger partial charge >= 0.3 is 0 Å². The summed E-state index contributed by atoms with van der Waals surface area (Å²) in [6, 6.07) is 2.79. The molecule has 0 aliphatic carbocycles. The van der Waals surface area contributed by atoms with Gasteiger partial charge in [-0.3, -0.25) is 4.90 Å². The molecule has 0 N–H and O–H groups in total. The van der Waals surface area contributed by atoms with Crippen molar-refractivity contribution in [3.05, 3.63) is 18.1 Å². The van der Waals surface area contributed by atoms with Gasteiger partial charge in [-0.05, 0) is 26.5 Å². The standard InChI is InChI=1S/C15H23N7/c1-12-9-14(15-17-16-11-22(15)18-12)21-4-3-13(10-21)20-7-5-19(2)6-8-20/h9,11,13H,3-8,10H2,1-2H3. The smallest absolute Gasteiger partial charge is 0.200 e. The number of fused-ring (bicyclic) bond motifs is 1. The summed E-state index contributed by atoms with van der Waals surface area (Å²) < 4.78 is 1.79.